The molecule has 2 aliphatic rings. The number of benzene rings is 1. The van der Waals surface area contributed by atoms with Crippen LogP contribution in [0.3, 0.4) is 0 Å². The minimum atomic E-state index is 0.0468. The Labute approximate surface area is 105 Å². The molecule has 1 fully saturated rings. The van der Waals surface area contributed by atoms with Gasteiger partial charge in [-0.25, -0.2) is 4.99 Å². The van der Waals surface area contributed by atoms with Gasteiger partial charge >= 0.3 is 0 Å². The first-order chi connectivity index (χ1) is 8.22. The van der Waals surface area contributed by atoms with Crippen LogP contribution in [0.25, 0.3) is 0 Å². The Morgan fingerprint density at radius 2 is 2.18 bits per heavy atom. The molecule has 3 rings (SSSR count). The molecule has 1 amide bonds. The molecule has 0 radical (unpaired) electrons. The number of amidine groups is 1. The normalized spacial score (nSPS) is 26.6. The summed E-state index contributed by atoms with van der Waals surface area (Å²) in [4.78, 5) is 18.7. The van der Waals surface area contributed by atoms with E-state index >= 15 is 0 Å². The third kappa shape index (κ3) is 1.51. The lowest BCUT2D eigenvalue weighted by Gasteiger charge is -2.29. The third-order valence-corrected chi connectivity index (χ3v) is 4.65. The minimum Gasteiger partial charge on any atom is -0.283 e. The Kier molecular flexibility index (Phi) is 2.47. The zero-order valence-electron chi connectivity index (χ0n) is 9.88. The minimum absolute atomic E-state index is 0.0468. The first-order valence-electron chi connectivity index (χ1n) is 5.89. The number of nitrogens with zero attached hydrogens (tertiary/aromatic N) is 2. The van der Waals surface area contributed by atoms with Crippen LogP contribution in [-0.4, -0.2) is 21.2 Å². The molecule has 0 bridgehead atoms. The summed E-state index contributed by atoms with van der Waals surface area (Å²) in [6, 6.07) is 8.17. The maximum atomic E-state index is 12.2. The summed E-state index contributed by atoms with van der Waals surface area (Å²) >= 11 is 1.60. The largest absolute Gasteiger partial charge is 0.283 e. The molecule has 2 atom stereocenters. The molecule has 4 heteroatoms. The van der Waals surface area contributed by atoms with Crippen molar-refractivity contribution in [3.05, 3.63) is 29.8 Å². The summed E-state index contributed by atoms with van der Waals surface area (Å²) in [5.41, 5.74) is 2.14. The van der Waals surface area contributed by atoms with E-state index in [1.165, 1.54) is 0 Å². The highest BCUT2D eigenvalue weighted by atomic mass is 32.2. The second kappa shape index (κ2) is 3.88. The highest BCUT2D eigenvalue weighted by Crippen LogP contribution is 2.42. The zero-order chi connectivity index (χ0) is 12.0. The predicted molar refractivity (Wildman–Crippen MR) is 70.5 cm³/mol. The van der Waals surface area contributed by atoms with Gasteiger partial charge in [0.2, 0.25) is 5.91 Å². The maximum Gasteiger partial charge on any atom is 0.242 e. The Morgan fingerprint density at radius 3 is 2.94 bits per heavy atom. The van der Waals surface area contributed by atoms with Gasteiger partial charge in [0.25, 0.3) is 0 Å². The first-order valence-corrected chi connectivity index (χ1v) is 6.77. The summed E-state index contributed by atoms with van der Waals surface area (Å²) in [6.45, 7) is 4.12. The van der Waals surface area contributed by atoms with Crippen molar-refractivity contribution in [1.29, 1.82) is 0 Å². The number of fused-ring (bicyclic) bond motifs is 2. The molecule has 1 aromatic rings. The van der Waals surface area contributed by atoms with Gasteiger partial charge in [0.1, 0.15) is 0 Å². The van der Waals surface area contributed by atoms with E-state index in [4.69, 9.17) is 0 Å². The fraction of sp³-hybridized carbons (Fsp3) is 0.385. The van der Waals surface area contributed by atoms with Gasteiger partial charge in [-0.15, -0.1) is 0 Å². The second-order valence-corrected chi connectivity index (χ2v) is 5.52. The van der Waals surface area contributed by atoms with Crippen molar-refractivity contribution in [2.24, 2.45) is 4.99 Å². The Morgan fingerprint density at radius 1 is 1.41 bits per heavy atom. The molecule has 2 heterocycles. The van der Waals surface area contributed by atoms with Crippen LogP contribution in [0.15, 0.2) is 29.3 Å². The summed E-state index contributed by atoms with van der Waals surface area (Å²) in [5, 5.41) is 0.915. The van der Waals surface area contributed by atoms with Crippen LogP contribution in [-0.2, 0) is 4.79 Å². The topological polar surface area (TPSA) is 32.7 Å². The highest BCUT2D eigenvalue weighted by molar-refractivity contribution is 8.15. The van der Waals surface area contributed by atoms with E-state index in [0.29, 0.717) is 0 Å². The van der Waals surface area contributed by atoms with Crippen molar-refractivity contribution in [2.75, 3.05) is 0 Å². The molecule has 88 valence electrons. The molecule has 0 N–H and O–H groups in total. The monoisotopic (exact) mass is 246 g/mol. The van der Waals surface area contributed by atoms with Gasteiger partial charge in [0.05, 0.1) is 17.0 Å². The summed E-state index contributed by atoms with van der Waals surface area (Å²) in [6.07, 6.45) is 0.863. The molecule has 1 saturated heterocycles. The van der Waals surface area contributed by atoms with Gasteiger partial charge in [0.15, 0.2) is 5.17 Å². The SMILES string of the molecule is CCC1SC2=Nc3ccccc3C(C)N2C1=O. The summed E-state index contributed by atoms with van der Waals surface area (Å²) < 4.78 is 0. The van der Waals surface area contributed by atoms with Crippen LogP contribution in [0, 0.1) is 0 Å². The molecule has 0 aromatic heterocycles. The summed E-state index contributed by atoms with van der Waals surface area (Å²) in [5.74, 6) is 0.207. The molecule has 0 saturated carbocycles. The lowest BCUT2D eigenvalue weighted by molar-refractivity contribution is -0.127. The standard InChI is InChI=1S/C13H14N2OS/c1-3-11-12(16)15-8(2)9-6-4-5-7-10(9)14-13(15)17-11/h4-8,11H,3H2,1-2H3. The van der Waals surface area contributed by atoms with Crippen molar-refractivity contribution >= 4 is 28.5 Å². The Bertz CT molecular complexity index is 512. The van der Waals surface area contributed by atoms with E-state index in [9.17, 15) is 4.79 Å². The fourth-order valence-corrected chi connectivity index (χ4v) is 3.51. The van der Waals surface area contributed by atoms with E-state index in [2.05, 4.69) is 18.0 Å². The number of hydrogen-bond donors (Lipinski definition) is 0. The molecule has 2 unspecified atom stereocenters. The average molecular weight is 246 g/mol. The third-order valence-electron chi connectivity index (χ3n) is 3.33. The number of amides is 1. The van der Waals surface area contributed by atoms with E-state index in [1.807, 2.05) is 30.0 Å². The Hall–Kier alpha value is -1.29. The van der Waals surface area contributed by atoms with Gasteiger partial charge in [-0.3, -0.25) is 9.69 Å². The molecule has 1 aromatic carbocycles. The van der Waals surface area contributed by atoms with E-state index in [-0.39, 0.29) is 17.2 Å². The zero-order valence-corrected chi connectivity index (χ0v) is 10.7. The average Bonchev–Trinajstić information content (AvgIpc) is 2.66. The van der Waals surface area contributed by atoms with Gasteiger partial charge in [-0.05, 0) is 19.4 Å². The predicted octanol–water partition coefficient (Wildman–Crippen LogP) is 3.10. The molecule has 2 aliphatic heterocycles. The van der Waals surface area contributed by atoms with Crippen LogP contribution >= 0.6 is 11.8 Å². The van der Waals surface area contributed by atoms with Crippen LogP contribution in [0.5, 0.6) is 0 Å². The van der Waals surface area contributed by atoms with Gasteiger partial charge < -0.3 is 0 Å². The Balaban J connectivity index is 2.08. The van der Waals surface area contributed by atoms with Gasteiger partial charge in [0, 0.05) is 5.56 Å². The smallest absolute Gasteiger partial charge is 0.242 e. The molecule has 17 heavy (non-hydrogen) atoms. The van der Waals surface area contributed by atoms with E-state index in [0.717, 1.165) is 22.8 Å². The van der Waals surface area contributed by atoms with Crippen LogP contribution in [0.2, 0.25) is 0 Å². The van der Waals surface area contributed by atoms with Crippen LogP contribution in [0.1, 0.15) is 31.9 Å². The van der Waals surface area contributed by atoms with Crippen molar-refractivity contribution in [3.63, 3.8) is 0 Å². The van der Waals surface area contributed by atoms with Crippen molar-refractivity contribution in [3.8, 4) is 0 Å². The van der Waals surface area contributed by atoms with Crippen LogP contribution < -0.4 is 0 Å². The lowest BCUT2D eigenvalue weighted by atomic mass is 10.0. The lowest BCUT2D eigenvalue weighted by Crippen LogP contribution is -2.36. The fourth-order valence-electron chi connectivity index (χ4n) is 2.36. The molecule has 3 nitrogen and oxygen atoms in total. The first kappa shape index (κ1) is 10.8. The van der Waals surface area contributed by atoms with E-state index in [1.54, 1.807) is 11.8 Å². The highest BCUT2D eigenvalue weighted by Gasteiger charge is 2.42. The number of hydrogen-bond acceptors (Lipinski definition) is 3. The van der Waals surface area contributed by atoms with Crippen molar-refractivity contribution in [1.82, 2.24) is 4.90 Å². The number of para-hydroxylation sites is 1. The van der Waals surface area contributed by atoms with Crippen LogP contribution in [0.4, 0.5) is 5.69 Å². The number of rotatable bonds is 1. The van der Waals surface area contributed by atoms with E-state index < -0.39 is 0 Å². The van der Waals surface area contributed by atoms with Gasteiger partial charge in [-0.1, -0.05) is 36.9 Å². The second-order valence-electron chi connectivity index (χ2n) is 4.35. The number of aliphatic imine (C=N–C) groups is 1. The van der Waals surface area contributed by atoms with Gasteiger partial charge in [-0.2, -0.15) is 0 Å². The summed E-state index contributed by atoms with van der Waals surface area (Å²) in [7, 11) is 0. The molecular formula is C13H14N2OS. The number of carbonyl (C=O) groups excluding carboxylic acids is 1. The quantitative estimate of drug-likeness (QED) is 0.762. The number of carbonyl (C=O) groups is 1. The maximum absolute atomic E-state index is 12.2. The molecule has 0 spiro atoms. The number of thioether (sulfide) groups is 1. The molecule has 0 aliphatic carbocycles. The van der Waals surface area contributed by atoms with Crippen molar-refractivity contribution in [2.45, 2.75) is 31.6 Å². The molecular weight excluding hydrogens is 232 g/mol. The van der Waals surface area contributed by atoms with Crippen molar-refractivity contribution < 1.29 is 4.79 Å².